The van der Waals surface area contributed by atoms with Crippen molar-refractivity contribution in [3.8, 4) is 0 Å². The number of fused-ring (bicyclic) bond motifs is 3. The molecule has 1 amide bonds. The van der Waals surface area contributed by atoms with Crippen LogP contribution in [0.5, 0.6) is 0 Å². The van der Waals surface area contributed by atoms with E-state index in [-0.39, 0.29) is 12.5 Å². The van der Waals surface area contributed by atoms with Crippen molar-refractivity contribution >= 4 is 5.91 Å². The Balaban J connectivity index is 1.74. The summed E-state index contributed by atoms with van der Waals surface area (Å²) in [6.07, 6.45) is 2.54. The lowest BCUT2D eigenvalue weighted by Gasteiger charge is -2.50. The number of amides is 1. The number of rotatable bonds is 9. The highest BCUT2D eigenvalue weighted by molar-refractivity contribution is 5.77. The lowest BCUT2D eigenvalue weighted by Crippen LogP contribution is -2.58. The minimum atomic E-state index is -0.00452. The Labute approximate surface area is 141 Å². The first kappa shape index (κ1) is 18.6. The second-order valence-corrected chi connectivity index (χ2v) is 7.50. The van der Waals surface area contributed by atoms with Crippen LogP contribution in [0.25, 0.3) is 0 Å². The van der Waals surface area contributed by atoms with Gasteiger partial charge in [0.25, 0.3) is 0 Å². The van der Waals surface area contributed by atoms with E-state index in [2.05, 4.69) is 41.2 Å². The van der Waals surface area contributed by atoms with Gasteiger partial charge >= 0.3 is 0 Å². The first-order chi connectivity index (χ1) is 11.0. The minimum absolute atomic E-state index is 0.00452. The van der Waals surface area contributed by atoms with Crippen LogP contribution in [0.15, 0.2) is 0 Å². The summed E-state index contributed by atoms with van der Waals surface area (Å²) in [5.74, 6) is 1.59. The van der Waals surface area contributed by atoms with Crippen molar-refractivity contribution in [2.75, 3.05) is 74.1 Å². The molecule has 0 radical (unpaired) electrons. The summed E-state index contributed by atoms with van der Waals surface area (Å²) in [5.41, 5.74) is 0. The van der Waals surface area contributed by atoms with Gasteiger partial charge in [0.2, 0.25) is 5.91 Å². The number of carbonyl (C=O) groups is 1. The quantitative estimate of drug-likeness (QED) is 0.644. The molecule has 0 saturated carbocycles. The van der Waals surface area contributed by atoms with E-state index in [1.165, 1.54) is 32.5 Å². The molecule has 1 unspecified atom stereocenters. The zero-order chi connectivity index (χ0) is 16.8. The molecule has 3 aliphatic rings. The van der Waals surface area contributed by atoms with Gasteiger partial charge in [0.05, 0.1) is 0 Å². The molecule has 1 N–H and O–H groups in total. The number of methoxy groups -OCH3 is 1. The van der Waals surface area contributed by atoms with E-state index in [1.807, 2.05) is 0 Å². The maximum atomic E-state index is 11.6. The number of likely N-dealkylation sites (N-methyl/N-ethyl adjacent to an activating group) is 2. The van der Waals surface area contributed by atoms with Crippen LogP contribution in [0.3, 0.4) is 0 Å². The molecule has 134 valence electrons. The van der Waals surface area contributed by atoms with Crippen LogP contribution in [0.1, 0.15) is 12.8 Å². The summed E-state index contributed by atoms with van der Waals surface area (Å²) in [5, 5.41) is 3.00. The van der Waals surface area contributed by atoms with Gasteiger partial charge in [-0.15, -0.1) is 0 Å². The van der Waals surface area contributed by atoms with E-state index in [9.17, 15) is 4.79 Å². The maximum Gasteiger partial charge on any atom is 0.246 e. The van der Waals surface area contributed by atoms with Gasteiger partial charge in [-0.05, 0) is 52.4 Å². The number of piperidine rings is 3. The number of ether oxygens (including phenoxy) is 1. The van der Waals surface area contributed by atoms with Crippen LogP contribution >= 0.6 is 0 Å². The molecule has 6 heteroatoms. The van der Waals surface area contributed by atoms with Gasteiger partial charge in [0.1, 0.15) is 6.61 Å². The van der Waals surface area contributed by atoms with Crippen molar-refractivity contribution < 1.29 is 9.53 Å². The lowest BCUT2D eigenvalue weighted by atomic mass is 9.75. The molecule has 0 aliphatic carbocycles. The molecule has 4 atom stereocenters. The Kier molecular flexibility index (Phi) is 7.27. The van der Waals surface area contributed by atoms with Gasteiger partial charge in [0.15, 0.2) is 0 Å². The summed E-state index contributed by atoms with van der Waals surface area (Å²) in [7, 11) is 8.06. The van der Waals surface area contributed by atoms with E-state index >= 15 is 0 Å². The second-order valence-electron chi connectivity index (χ2n) is 7.50. The van der Waals surface area contributed by atoms with Crippen LogP contribution in [-0.2, 0) is 9.53 Å². The Hall–Kier alpha value is -0.690. The van der Waals surface area contributed by atoms with Crippen molar-refractivity contribution in [1.29, 1.82) is 0 Å². The van der Waals surface area contributed by atoms with E-state index in [1.54, 1.807) is 7.11 Å². The minimum Gasteiger partial charge on any atom is -0.375 e. The molecule has 3 fully saturated rings. The van der Waals surface area contributed by atoms with Crippen molar-refractivity contribution in [2.45, 2.75) is 18.9 Å². The predicted molar refractivity (Wildman–Crippen MR) is 92.5 cm³/mol. The standard InChI is InChI=1S/C17H34N4O2/c1-19(2)7-8-20(3)11-15-12-21-6-5-14(15)9-16(21)10-18-17(22)13-23-4/h14-16H,5-13H2,1-4H3,(H,18,22)/t14-,15-,16+/m0/s1. The average Bonchev–Trinajstić information content (AvgIpc) is 2.52. The number of hydrogen-bond donors (Lipinski definition) is 1. The Morgan fingerprint density at radius 3 is 2.70 bits per heavy atom. The number of nitrogens with zero attached hydrogens (tertiary/aromatic N) is 3. The molecule has 2 bridgehead atoms. The largest absolute Gasteiger partial charge is 0.375 e. The molecule has 3 heterocycles. The predicted octanol–water partition coefficient (Wildman–Crippen LogP) is -0.0472. The Morgan fingerprint density at radius 1 is 1.30 bits per heavy atom. The third-order valence-corrected chi connectivity index (χ3v) is 5.30. The molecule has 3 saturated heterocycles. The van der Waals surface area contributed by atoms with Gasteiger partial charge in [0, 0.05) is 45.9 Å². The van der Waals surface area contributed by atoms with E-state index in [4.69, 9.17) is 4.74 Å². The van der Waals surface area contributed by atoms with Crippen molar-refractivity contribution in [3.63, 3.8) is 0 Å². The van der Waals surface area contributed by atoms with E-state index < -0.39 is 0 Å². The van der Waals surface area contributed by atoms with Crippen molar-refractivity contribution in [2.24, 2.45) is 11.8 Å². The smallest absolute Gasteiger partial charge is 0.246 e. The molecule has 23 heavy (non-hydrogen) atoms. The summed E-state index contributed by atoms with van der Waals surface area (Å²) in [6.45, 7) is 6.74. The van der Waals surface area contributed by atoms with Gasteiger partial charge < -0.3 is 19.9 Å². The third kappa shape index (κ3) is 5.71. The highest BCUT2D eigenvalue weighted by atomic mass is 16.5. The van der Waals surface area contributed by atoms with Crippen LogP contribution in [-0.4, -0.2) is 101 Å². The third-order valence-electron chi connectivity index (χ3n) is 5.30. The number of nitrogens with one attached hydrogen (secondary N) is 1. The fourth-order valence-electron chi connectivity index (χ4n) is 3.94. The molecule has 0 aromatic rings. The van der Waals surface area contributed by atoms with Crippen molar-refractivity contribution in [1.82, 2.24) is 20.0 Å². The normalized spacial score (nSPS) is 30.2. The van der Waals surface area contributed by atoms with Crippen LogP contribution in [0.4, 0.5) is 0 Å². The zero-order valence-corrected chi connectivity index (χ0v) is 15.3. The fourth-order valence-corrected chi connectivity index (χ4v) is 3.94. The molecule has 0 spiro atoms. The average molecular weight is 326 g/mol. The molecular formula is C17H34N4O2. The summed E-state index contributed by atoms with van der Waals surface area (Å²) in [6, 6.07) is 0.512. The van der Waals surface area contributed by atoms with Crippen LogP contribution in [0, 0.1) is 11.8 Å². The van der Waals surface area contributed by atoms with Gasteiger partial charge in [-0.3, -0.25) is 9.69 Å². The monoisotopic (exact) mass is 326 g/mol. The van der Waals surface area contributed by atoms with Crippen LogP contribution in [0.2, 0.25) is 0 Å². The van der Waals surface area contributed by atoms with E-state index in [0.29, 0.717) is 6.04 Å². The number of hydrogen-bond acceptors (Lipinski definition) is 5. The first-order valence-corrected chi connectivity index (χ1v) is 8.82. The van der Waals surface area contributed by atoms with Crippen LogP contribution < -0.4 is 5.32 Å². The molecule has 0 aromatic heterocycles. The highest BCUT2D eigenvalue weighted by Crippen LogP contribution is 2.36. The first-order valence-electron chi connectivity index (χ1n) is 8.82. The topological polar surface area (TPSA) is 48.1 Å². The number of carbonyl (C=O) groups excluding carboxylic acids is 1. The van der Waals surface area contributed by atoms with Gasteiger partial charge in [-0.2, -0.15) is 0 Å². The summed E-state index contributed by atoms with van der Waals surface area (Å²) < 4.78 is 4.87. The maximum absolute atomic E-state index is 11.6. The van der Waals surface area contributed by atoms with Gasteiger partial charge in [-0.1, -0.05) is 0 Å². The molecule has 0 aromatic carbocycles. The summed E-state index contributed by atoms with van der Waals surface area (Å²) >= 11 is 0. The lowest BCUT2D eigenvalue weighted by molar-refractivity contribution is -0.125. The molecular weight excluding hydrogens is 292 g/mol. The fraction of sp³-hybridized carbons (Fsp3) is 0.941. The Morgan fingerprint density at radius 2 is 2.09 bits per heavy atom. The van der Waals surface area contributed by atoms with E-state index in [0.717, 1.165) is 31.5 Å². The van der Waals surface area contributed by atoms with Crippen molar-refractivity contribution in [3.05, 3.63) is 0 Å². The SMILES string of the molecule is COCC(=O)NC[C@H]1C[C@@H]2CCN1C[C@@H]2CN(C)CCN(C)C. The summed E-state index contributed by atoms with van der Waals surface area (Å²) in [4.78, 5) is 18.9. The second kappa shape index (κ2) is 8.97. The van der Waals surface area contributed by atoms with Gasteiger partial charge in [-0.25, -0.2) is 0 Å². The molecule has 3 rings (SSSR count). The molecule has 3 aliphatic heterocycles. The molecule has 6 nitrogen and oxygen atoms in total. The zero-order valence-electron chi connectivity index (χ0n) is 15.3. The highest BCUT2D eigenvalue weighted by Gasteiger charge is 2.40. The Bertz CT molecular complexity index is 378.